The van der Waals surface area contributed by atoms with E-state index in [2.05, 4.69) is 25.1 Å². The van der Waals surface area contributed by atoms with Crippen LogP contribution in [0.15, 0.2) is 53.2 Å². The number of benzene rings is 2. The summed E-state index contributed by atoms with van der Waals surface area (Å²) < 4.78 is 25.6. The first kappa shape index (κ1) is 24.1. The molecular formula is C23H23N5O6PS+. The molecule has 3 N–H and O–H groups in total. The molecule has 13 heteroatoms. The number of aromatic nitrogens is 2. The van der Waals surface area contributed by atoms with Crippen molar-refractivity contribution in [3.05, 3.63) is 54.4 Å². The zero-order valence-electron chi connectivity index (χ0n) is 19.0. The normalized spacial score (nSPS) is 14.5. The van der Waals surface area contributed by atoms with Crippen LogP contribution in [0.2, 0.25) is 0 Å². The highest BCUT2D eigenvalue weighted by Crippen LogP contribution is 2.33. The molecule has 1 saturated heterocycles. The third-order valence-corrected chi connectivity index (χ3v) is 6.29. The van der Waals surface area contributed by atoms with Crippen LogP contribution in [0.5, 0.6) is 11.5 Å². The summed E-state index contributed by atoms with van der Waals surface area (Å²) in [6, 6.07) is 13.9. The van der Waals surface area contributed by atoms with Gasteiger partial charge in [-0.15, -0.1) is 9.79 Å². The van der Waals surface area contributed by atoms with Gasteiger partial charge in [0.2, 0.25) is 6.79 Å². The number of fused-ring (bicyclic) bond motifs is 4. The van der Waals surface area contributed by atoms with Crippen molar-refractivity contribution in [1.29, 1.82) is 0 Å². The summed E-state index contributed by atoms with van der Waals surface area (Å²) in [6.07, 6.45) is 1.61. The first-order chi connectivity index (χ1) is 17.5. The second kappa shape index (κ2) is 10.6. The van der Waals surface area contributed by atoms with Gasteiger partial charge in [0.05, 0.1) is 0 Å². The van der Waals surface area contributed by atoms with E-state index in [-0.39, 0.29) is 6.79 Å². The fourth-order valence-electron chi connectivity index (χ4n) is 4.20. The molecule has 36 heavy (non-hydrogen) atoms. The number of hydrogen-bond donors (Lipinski definition) is 3. The van der Waals surface area contributed by atoms with Crippen LogP contribution in [0.4, 0.5) is 5.82 Å². The Morgan fingerprint density at radius 3 is 2.61 bits per heavy atom. The number of thiocarbonyl (C=S) groups is 1. The number of furan rings is 1. The highest BCUT2D eigenvalue weighted by molar-refractivity contribution is 7.80. The SMILES string of the molecule is O=[P+](O)O.S=C(NCc1ccc2c(c1)OCO2)N1CCN(c2ncnc3c2oc2ccccc23)CC1. The first-order valence-corrected chi connectivity index (χ1v) is 12.7. The number of nitrogens with one attached hydrogen (secondary N) is 1. The maximum atomic E-state index is 8.70. The van der Waals surface area contributed by atoms with Gasteiger partial charge in [-0.05, 0) is 42.0 Å². The molecule has 1 fully saturated rings. The molecule has 0 saturated carbocycles. The van der Waals surface area contributed by atoms with Gasteiger partial charge in [0.1, 0.15) is 17.4 Å². The number of nitrogens with zero attached hydrogens (tertiary/aromatic N) is 4. The zero-order valence-corrected chi connectivity index (χ0v) is 20.7. The molecule has 2 aliphatic rings. The van der Waals surface area contributed by atoms with Crippen molar-refractivity contribution < 1.29 is 28.2 Å². The first-order valence-electron chi connectivity index (χ1n) is 11.1. The van der Waals surface area contributed by atoms with Crippen LogP contribution in [0, 0.1) is 0 Å². The molecular weight excluding hydrogens is 505 g/mol. The number of anilines is 1. The van der Waals surface area contributed by atoms with Crippen molar-refractivity contribution in [3.8, 4) is 11.5 Å². The van der Waals surface area contributed by atoms with Gasteiger partial charge in [-0.3, -0.25) is 0 Å². The molecule has 6 rings (SSSR count). The van der Waals surface area contributed by atoms with Gasteiger partial charge >= 0.3 is 8.25 Å². The number of para-hydroxylation sites is 1. The molecule has 2 aromatic carbocycles. The van der Waals surface area contributed by atoms with Crippen LogP contribution >= 0.6 is 20.5 Å². The molecule has 0 atom stereocenters. The van der Waals surface area contributed by atoms with Crippen LogP contribution in [0.1, 0.15) is 5.56 Å². The van der Waals surface area contributed by atoms with Gasteiger partial charge in [-0.25, -0.2) is 9.97 Å². The van der Waals surface area contributed by atoms with Crippen LogP contribution in [-0.2, 0) is 11.1 Å². The van der Waals surface area contributed by atoms with Crippen molar-refractivity contribution >= 4 is 53.5 Å². The fraction of sp³-hybridized carbons (Fsp3) is 0.261. The highest BCUT2D eigenvalue weighted by atomic mass is 32.1. The lowest BCUT2D eigenvalue weighted by Crippen LogP contribution is -2.51. The van der Waals surface area contributed by atoms with Crippen molar-refractivity contribution in [2.75, 3.05) is 37.9 Å². The van der Waals surface area contributed by atoms with Crippen molar-refractivity contribution in [2.24, 2.45) is 0 Å². The minimum absolute atomic E-state index is 0.279. The Bertz CT molecular complexity index is 1420. The Hall–Kier alpha value is -3.57. The van der Waals surface area contributed by atoms with Gasteiger partial charge < -0.3 is 29.0 Å². The number of piperazine rings is 1. The summed E-state index contributed by atoms with van der Waals surface area (Å²) in [5.74, 6) is 2.41. The minimum Gasteiger partial charge on any atom is -0.454 e. The average Bonchev–Trinajstić information content (AvgIpc) is 3.51. The zero-order chi connectivity index (χ0) is 25.1. The lowest BCUT2D eigenvalue weighted by molar-refractivity contribution is 0.174. The molecule has 4 heterocycles. The van der Waals surface area contributed by atoms with Crippen molar-refractivity contribution in [1.82, 2.24) is 20.2 Å². The molecule has 2 aromatic heterocycles. The Kier molecular flexibility index (Phi) is 7.10. The maximum absolute atomic E-state index is 8.70. The van der Waals surface area contributed by atoms with Gasteiger partial charge in [-0.2, -0.15) is 0 Å². The fourth-order valence-corrected chi connectivity index (χ4v) is 4.45. The number of rotatable bonds is 3. The van der Waals surface area contributed by atoms with Crippen LogP contribution in [-0.4, -0.2) is 62.7 Å². The molecule has 0 amide bonds. The topological polar surface area (TPSA) is 133 Å². The van der Waals surface area contributed by atoms with Crippen molar-refractivity contribution in [3.63, 3.8) is 0 Å². The van der Waals surface area contributed by atoms with E-state index in [0.717, 1.165) is 76.2 Å². The van der Waals surface area contributed by atoms with E-state index in [4.69, 9.17) is 40.5 Å². The van der Waals surface area contributed by atoms with E-state index >= 15 is 0 Å². The molecule has 0 unspecified atom stereocenters. The van der Waals surface area contributed by atoms with Crippen LogP contribution < -0.4 is 19.7 Å². The van der Waals surface area contributed by atoms with Crippen LogP contribution in [0.3, 0.4) is 0 Å². The van der Waals surface area contributed by atoms with Crippen molar-refractivity contribution in [2.45, 2.75) is 6.54 Å². The Morgan fingerprint density at radius 1 is 1.06 bits per heavy atom. The second-order valence-electron chi connectivity index (χ2n) is 8.05. The molecule has 0 bridgehead atoms. The summed E-state index contributed by atoms with van der Waals surface area (Å²) in [5.41, 5.74) is 3.53. The third-order valence-electron chi connectivity index (χ3n) is 5.89. The van der Waals surface area contributed by atoms with Gasteiger partial charge in [0, 0.05) is 42.7 Å². The largest absolute Gasteiger partial charge is 0.692 e. The quantitative estimate of drug-likeness (QED) is 0.267. The predicted molar refractivity (Wildman–Crippen MR) is 137 cm³/mol. The molecule has 0 radical (unpaired) electrons. The van der Waals surface area contributed by atoms with E-state index in [1.165, 1.54) is 0 Å². The molecule has 2 aliphatic heterocycles. The maximum Gasteiger partial charge on any atom is 0.692 e. The van der Waals surface area contributed by atoms with Crippen LogP contribution in [0.25, 0.3) is 22.1 Å². The standard InChI is InChI=1S/C23H21N5O3S.HO3P/c32-23(24-12-15-5-6-18-19(11-15)30-14-29-18)28-9-7-27(8-10-28)22-21-20(25-13-26-22)16-3-1-2-4-17(16)31-21;1-4(2)3/h1-6,11,13H,7-10,12,14H2,(H,24,32);(H-,1,2,3)/p+1. The van der Waals surface area contributed by atoms with E-state index in [1.807, 2.05) is 42.5 Å². The average molecular weight is 529 g/mol. The third kappa shape index (κ3) is 5.17. The van der Waals surface area contributed by atoms with E-state index in [0.29, 0.717) is 6.54 Å². The minimum atomic E-state index is -2.87. The van der Waals surface area contributed by atoms with E-state index in [1.54, 1.807) is 6.33 Å². The Labute approximate surface area is 212 Å². The monoisotopic (exact) mass is 528 g/mol. The van der Waals surface area contributed by atoms with E-state index < -0.39 is 8.25 Å². The van der Waals surface area contributed by atoms with Gasteiger partial charge in [0.25, 0.3) is 0 Å². The summed E-state index contributed by atoms with van der Waals surface area (Å²) in [6.45, 7) is 4.13. The summed E-state index contributed by atoms with van der Waals surface area (Å²) >= 11 is 5.64. The number of ether oxygens (including phenoxy) is 2. The summed E-state index contributed by atoms with van der Waals surface area (Å²) in [7, 11) is -2.87. The van der Waals surface area contributed by atoms with E-state index in [9.17, 15) is 0 Å². The summed E-state index contributed by atoms with van der Waals surface area (Å²) in [4.78, 5) is 27.7. The van der Waals surface area contributed by atoms with Gasteiger partial charge in [-0.1, -0.05) is 18.2 Å². The predicted octanol–water partition coefficient (Wildman–Crippen LogP) is 2.93. The molecule has 11 nitrogen and oxygen atoms in total. The highest BCUT2D eigenvalue weighted by Gasteiger charge is 2.24. The number of hydrogen-bond acceptors (Lipinski definition) is 8. The lowest BCUT2D eigenvalue weighted by Gasteiger charge is -2.36. The lowest BCUT2D eigenvalue weighted by atomic mass is 10.2. The Balaban J connectivity index is 0.000000623. The summed E-state index contributed by atoms with van der Waals surface area (Å²) in [5, 5.41) is 5.12. The smallest absolute Gasteiger partial charge is 0.454 e. The molecule has 4 aromatic rings. The second-order valence-corrected chi connectivity index (χ2v) is 8.94. The molecule has 186 valence electrons. The van der Waals surface area contributed by atoms with Gasteiger partial charge in [0.15, 0.2) is 28.0 Å². The molecule has 0 spiro atoms. The Morgan fingerprint density at radius 2 is 1.81 bits per heavy atom. The molecule has 0 aliphatic carbocycles.